The van der Waals surface area contributed by atoms with Gasteiger partial charge in [0.25, 0.3) is 11.8 Å². The van der Waals surface area contributed by atoms with Gasteiger partial charge in [0.15, 0.2) is 0 Å². The molecule has 0 saturated carbocycles. The summed E-state index contributed by atoms with van der Waals surface area (Å²) in [5, 5.41) is 12.7. The number of carboxylic acid groups (broad SMARTS) is 1. The Hall–Kier alpha value is -2.96. The molecule has 7 heteroatoms. The van der Waals surface area contributed by atoms with E-state index in [0.717, 1.165) is 36.8 Å². The topological polar surface area (TPSA) is 96.3 Å². The predicted octanol–water partition coefficient (Wildman–Crippen LogP) is 2.57. The average molecular weight is 368 g/mol. The van der Waals surface area contributed by atoms with E-state index < -0.39 is 12.6 Å². The van der Waals surface area contributed by atoms with Gasteiger partial charge in [-0.2, -0.15) is 0 Å². The number of imide groups is 1. The van der Waals surface area contributed by atoms with Crippen molar-refractivity contribution in [3.8, 4) is 0 Å². The lowest BCUT2D eigenvalue weighted by Crippen LogP contribution is -2.32. The lowest BCUT2D eigenvalue weighted by molar-refractivity contribution is -0.142. The van der Waals surface area contributed by atoms with Gasteiger partial charge in [-0.15, -0.1) is 0 Å². The third-order valence-electron chi connectivity index (χ3n) is 5.28. The maximum absolute atomic E-state index is 12.8. The highest BCUT2D eigenvalue weighted by Crippen LogP contribution is 2.36. The van der Waals surface area contributed by atoms with Crippen LogP contribution in [0.1, 0.15) is 49.7 Å². The van der Waals surface area contributed by atoms with Gasteiger partial charge in [-0.3, -0.25) is 9.59 Å². The van der Waals surface area contributed by atoms with Gasteiger partial charge in [0.05, 0.1) is 11.4 Å². The zero-order valence-electron chi connectivity index (χ0n) is 14.9. The van der Waals surface area contributed by atoms with Gasteiger partial charge < -0.3 is 9.94 Å². The van der Waals surface area contributed by atoms with Crippen molar-refractivity contribution in [3.63, 3.8) is 0 Å². The molecule has 0 radical (unpaired) electrons. The first-order valence-electron chi connectivity index (χ1n) is 9.21. The molecule has 0 unspecified atom stereocenters. The molecule has 0 fully saturated rings. The minimum Gasteiger partial charge on any atom is -0.479 e. The zero-order chi connectivity index (χ0) is 19.0. The lowest BCUT2D eigenvalue weighted by Gasteiger charge is -2.21. The number of nitrogens with zero attached hydrogens (tertiary/aromatic N) is 2. The Labute approximate surface area is 156 Å². The van der Waals surface area contributed by atoms with Crippen LogP contribution in [0.15, 0.2) is 34.5 Å². The van der Waals surface area contributed by atoms with Gasteiger partial charge in [0, 0.05) is 16.7 Å². The highest BCUT2D eigenvalue weighted by Gasteiger charge is 2.40. The molecule has 140 valence electrons. The highest BCUT2D eigenvalue weighted by atomic mass is 16.6. The fourth-order valence-corrected chi connectivity index (χ4v) is 4.01. The smallest absolute Gasteiger partial charge is 0.344 e. The number of carbonyl (C=O) groups excluding carboxylic acids is 2. The van der Waals surface area contributed by atoms with Crippen molar-refractivity contribution in [2.75, 3.05) is 11.5 Å². The standard InChI is InChI=1S/C20H20N2O5/c23-18(24)11-27-21-17-7-3-4-12-8-9-13(10-16(12)17)22-19(25)14-5-1-2-6-15(14)20(22)26/h8-10H,1-7,11H2,(H,23,24)/b21-17+. The number of hydrogen-bond acceptors (Lipinski definition) is 5. The Morgan fingerprint density at radius 2 is 1.74 bits per heavy atom. The predicted molar refractivity (Wildman–Crippen MR) is 97.5 cm³/mol. The van der Waals surface area contributed by atoms with Crippen molar-refractivity contribution in [1.29, 1.82) is 0 Å². The molecule has 0 spiro atoms. The number of anilines is 1. The fraction of sp³-hybridized carbons (Fsp3) is 0.400. The van der Waals surface area contributed by atoms with E-state index in [9.17, 15) is 14.4 Å². The third kappa shape index (κ3) is 3.13. The van der Waals surface area contributed by atoms with Crippen molar-refractivity contribution < 1.29 is 24.3 Å². The molecule has 1 aromatic carbocycles. The van der Waals surface area contributed by atoms with Crippen LogP contribution in [0.2, 0.25) is 0 Å². The van der Waals surface area contributed by atoms with Crippen molar-refractivity contribution in [2.24, 2.45) is 5.16 Å². The maximum Gasteiger partial charge on any atom is 0.344 e. The Morgan fingerprint density at radius 1 is 1.04 bits per heavy atom. The summed E-state index contributed by atoms with van der Waals surface area (Å²) in [6.07, 6.45) is 5.62. The largest absolute Gasteiger partial charge is 0.479 e. The molecule has 7 nitrogen and oxygen atoms in total. The summed E-state index contributed by atoms with van der Waals surface area (Å²) in [5.41, 5.74) is 4.36. The number of aryl methyl sites for hydroxylation is 1. The molecule has 4 rings (SSSR count). The summed E-state index contributed by atoms with van der Waals surface area (Å²) in [7, 11) is 0. The molecule has 3 aliphatic rings. The number of carbonyl (C=O) groups is 3. The molecule has 0 atom stereocenters. The number of hydrogen-bond donors (Lipinski definition) is 1. The molecule has 1 N–H and O–H groups in total. The molecule has 0 saturated heterocycles. The summed E-state index contributed by atoms with van der Waals surface area (Å²) in [6, 6.07) is 5.51. The molecule has 2 amide bonds. The van der Waals surface area contributed by atoms with Crippen LogP contribution in [-0.4, -0.2) is 35.2 Å². The number of carboxylic acids is 1. The molecule has 0 aromatic heterocycles. The molecule has 1 aromatic rings. The first-order valence-corrected chi connectivity index (χ1v) is 9.21. The van der Waals surface area contributed by atoms with E-state index in [1.54, 1.807) is 12.1 Å². The van der Waals surface area contributed by atoms with Crippen molar-refractivity contribution in [3.05, 3.63) is 40.5 Å². The first kappa shape index (κ1) is 17.5. The highest BCUT2D eigenvalue weighted by molar-refractivity contribution is 6.33. The minimum atomic E-state index is -1.09. The van der Waals surface area contributed by atoms with Crippen LogP contribution in [0, 0.1) is 0 Å². The number of aliphatic carboxylic acids is 1. The van der Waals surface area contributed by atoms with Gasteiger partial charge in [0.1, 0.15) is 0 Å². The van der Waals surface area contributed by atoms with Gasteiger partial charge >= 0.3 is 5.97 Å². The summed E-state index contributed by atoms with van der Waals surface area (Å²) >= 11 is 0. The van der Waals surface area contributed by atoms with Crippen LogP contribution in [-0.2, 0) is 25.6 Å². The van der Waals surface area contributed by atoms with Crippen molar-refractivity contribution in [2.45, 2.75) is 44.9 Å². The Balaban J connectivity index is 1.65. The molecule has 1 heterocycles. The molecule has 0 bridgehead atoms. The Bertz CT molecular complexity index is 872. The van der Waals surface area contributed by atoms with E-state index in [4.69, 9.17) is 9.94 Å². The Morgan fingerprint density at radius 3 is 2.41 bits per heavy atom. The quantitative estimate of drug-likeness (QED) is 0.651. The van der Waals surface area contributed by atoms with E-state index >= 15 is 0 Å². The van der Waals surface area contributed by atoms with E-state index in [-0.39, 0.29) is 11.8 Å². The zero-order valence-corrected chi connectivity index (χ0v) is 14.9. The maximum atomic E-state index is 12.8. The number of benzene rings is 1. The third-order valence-corrected chi connectivity index (χ3v) is 5.28. The number of oxime groups is 1. The number of fused-ring (bicyclic) bond motifs is 1. The summed E-state index contributed by atoms with van der Waals surface area (Å²) in [4.78, 5) is 42.4. The van der Waals surface area contributed by atoms with E-state index in [1.165, 1.54) is 4.90 Å². The first-order chi connectivity index (χ1) is 13.1. The van der Waals surface area contributed by atoms with E-state index in [0.29, 0.717) is 41.8 Å². The van der Waals surface area contributed by atoms with Gasteiger partial charge in [0.2, 0.25) is 6.61 Å². The SMILES string of the molecule is O=C(O)CO/N=C1\CCCc2ccc(N3C(=O)C4=C(CCCC4)C3=O)cc21. The molecular formula is C20H20N2O5. The lowest BCUT2D eigenvalue weighted by atomic mass is 9.89. The van der Waals surface area contributed by atoms with Crippen LogP contribution < -0.4 is 4.90 Å². The summed E-state index contributed by atoms with van der Waals surface area (Å²) < 4.78 is 0. The average Bonchev–Trinajstić information content (AvgIpc) is 2.92. The van der Waals surface area contributed by atoms with Crippen molar-refractivity contribution in [1.82, 2.24) is 0 Å². The molecule has 1 aliphatic heterocycles. The Kier molecular flexibility index (Phi) is 4.51. The second kappa shape index (κ2) is 6.98. The van der Waals surface area contributed by atoms with Crippen molar-refractivity contribution >= 4 is 29.2 Å². The second-order valence-electron chi connectivity index (χ2n) is 7.01. The second-order valence-corrected chi connectivity index (χ2v) is 7.01. The summed E-state index contributed by atoms with van der Waals surface area (Å²) in [5.74, 6) is -1.52. The normalized spacial score (nSPS) is 20.7. The molecular weight excluding hydrogens is 348 g/mol. The summed E-state index contributed by atoms with van der Waals surface area (Å²) in [6.45, 7) is -0.502. The fourth-order valence-electron chi connectivity index (χ4n) is 4.01. The van der Waals surface area contributed by atoms with Gasteiger partial charge in [-0.1, -0.05) is 11.2 Å². The minimum absolute atomic E-state index is 0.217. The van der Waals surface area contributed by atoms with E-state index in [1.807, 2.05) is 6.07 Å². The van der Waals surface area contributed by atoms with Crippen LogP contribution in [0.5, 0.6) is 0 Å². The number of amides is 2. The molecule has 2 aliphatic carbocycles. The van der Waals surface area contributed by atoms with Crippen LogP contribution in [0.25, 0.3) is 0 Å². The number of rotatable bonds is 4. The van der Waals surface area contributed by atoms with Gasteiger partial charge in [-0.25, -0.2) is 9.69 Å². The van der Waals surface area contributed by atoms with E-state index in [2.05, 4.69) is 5.16 Å². The monoisotopic (exact) mass is 368 g/mol. The van der Waals surface area contributed by atoms with Crippen LogP contribution in [0.4, 0.5) is 5.69 Å². The van der Waals surface area contributed by atoms with Gasteiger partial charge in [-0.05, 0) is 62.6 Å². The van der Waals surface area contributed by atoms with Crippen LogP contribution in [0.3, 0.4) is 0 Å². The molecule has 27 heavy (non-hydrogen) atoms. The van der Waals surface area contributed by atoms with Crippen LogP contribution >= 0.6 is 0 Å².